The SMILES string of the molecule is Cc1ncoc1-c1ccc(CNC(=O)[C@@H]2C[C@@H](O)CN2C(=O)[C@@H](NC(=O)COCCCCOc2ccc(-c3ccc(N4C(=S)N(c5ccc(C#N)c(Cl)c5)C(=O)C4(C)C)cc3)cc2)C(C)(C)C)cc1. The first-order valence-electron chi connectivity index (χ1n) is 22.7. The van der Waals surface area contributed by atoms with Gasteiger partial charge < -0.3 is 39.4 Å². The van der Waals surface area contributed by atoms with Crippen molar-refractivity contribution in [2.45, 2.75) is 91.1 Å². The Balaban J connectivity index is 0.831. The minimum absolute atomic E-state index is 0.0276. The van der Waals surface area contributed by atoms with Crippen LogP contribution < -0.4 is 25.2 Å². The molecule has 0 unspecified atom stereocenters. The molecule has 2 aliphatic heterocycles. The van der Waals surface area contributed by atoms with Gasteiger partial charge >= 0.3 is 0 Å². The molecule has 2 fully saturated rings. The zero-order valence-corrected chi connectivity index (χ0v) is 41.0. The largest absolute Gasteiger partial charge is 0.494 e. The van der Waals surface area contributed by atoms with Gasteiger partial charge in [-0.25, -0.2) is 4.98 Å². The number of carbonyl (C=O) groups excluding carboxylic acids is 4. The van der Waals surface area contributed by atoms with Gasteiger partial charge in [-0.1, -0.05) is 80.9 Å². The number of aryl methyl sites for hydroxylation is 1. The number of amides is 4. The molecule has 5 aromatic rings. The lowest BCUT2D eigenvalue weighted by atomic mass is 9.85. The van der Waals surface area contributed by atoms with E-state index in [1.54, 1.807) is 18.2 Å². The van der Waals surface area contributed by atoms with Gasteiger partial charge in [0.2, 0.25) is 17.7 Å². The molecule has 0 saturated carbocycles. The fourth-order valence-electron chi connectivity index (χ4n) is 8.38. The van der Waals surface area contributed by atoms with E-state index in [-0.39, 0.29) is 37.0 Å². The molecule has 2 aliphatic rings. The number of oxazole rings is 1. The number of aromatic nitrogens is 1. The third-order valence-electron chi connectivity index (χ3n) is 12.2. The van der Waals surface area contributed by atoms with Crippen LogP contribution in [0, 0.1) is 23.7 Å². The Morgan fingerprint density at radius 3 is 2.23 bits per heavy atom. The summed E-state index contributed by atoms with van der Waals surface area (Å²) >= 11 is 12.1. The maximum Gasteiger partial charge on any atom is 0.259 e. The first kappa shape index (κ1) is 50.2. The van der Waals surface area contributed by atoms with Crippen LogP contribution in [0.4, 0.5) is 11.4 Å². The van der Waals surface area contributed by atoms with E-state index in [0.717, 1.165) is 33.6 Å². The van der Waals surface area contributed by atoms with Crippen LogP contribution in [0.5, 0.6) is 5.75 Å². The number of ether oxygens (including phenoxy) is 2. The molecule has 4 amide bonds. The highest BCUT2D eigenvalue weighted by Gasteiger charge is 2.50. The highest BCUT2D eigenvalue weighted by molar-refractivity contribution is 7.81. The molecule has 0 bridgehead atoms. The fraction of sp³-hybridized carbons (Fsp3) is 0.365. The number of benzene rings is 4. The smallest absolute Gasteiger partial charge is 0.259 e. The predicted octanol–water partition coefficient (Wildman–Crippen LogP) is 7.74. The number of nitrogens with zero attached hydrogens (tertiary/aromatic N) is 5. The zero-order valence-electron chi connectivity index (χ0n) is 39.5. The van der Waals surface area contributed by atoms with Gasteiger partial charge in [0, 0.05) is 37.4 Å². The molecule has 360 valence electrons. The van der Waals surface area contributed by atoms with E-state index in [2.05, 4.69) is 15.6 Å². The van der Waals surface area contributed by atoms with Crippen molar-refractivity contribution in [1.82, 2.24) is 20.5 Å². The summed E-state index contributed by atoms with van der Waals surface area (Å²) in [7, 11) is 0. The summed E-state index contributed by atoms with van der Waals surface area (Å²) in [5.74, 6) is -0.136. The molecule has 3 atom stereocenters. The monoisotopic (exact) mass is 973 g/mol. The van der Waals surface area contributed by atoms with Crippen LogP contribution in [0.3, 0.4) is 0 Å². The number of anilines is 2. The first-order chi connectivity index (χ1) is 32.9. The molecule has 0 spiro atoms. The Morgan fingerprint density at radius 1 is 0.971 bits per heavy atom. The van der Waals surface area contributed by atoms with Gasteiger partial charge in [-0.15, -0.1) is 0 Å². The lowest BCUT2D eigenvalue weighted by molar-refractivity contribution is -0.144. The van der Waals surface area contributed by atoms with Crippen molar-refractivity contribution >= 4 is 63.9 Å². The number of β-amino-alcohol motifs (C(OH)–C–C–N with tert-alkyl or cyclic N) is 1. The fourth-order valence-corrected chi connectivity index (χ4v) is 9.12. The molecule has 3 N–H and O–H groups in total. The first-order valence-corrected chi connectivity index (χ1v) is 23.5. The average molecular weight is 975 g/mol. The maximum absolute atomic E-state index is 14.0. The van der Waals surface area contributed by atoms with Crippen molar-refractivity contribution in [3.63, 3.8) is 0 Å². The van der Waals surface area contributed by atoms with Gasteiger partial charge in [0.05, 0.1) is 34.7 Å². The van der Waals surface area contributed by atoms with Gasteiger partial charge in [0.15, 0.2) is 17.3 Å². The highest BCUT2D eigenvalue weighted by Crippen LogP contribution is 2.38. The van der Waals surface area contributed by atoms with E-state index in [1.807, 2.05) is 125 Å². The van der Waals surface area contributed by atoms with Crippen LogP contribution in [-0.4, -0.2) is 93.8 Å². The van der Waals surface area contributed by atoms with Crippen molar-refractivity contribution in [1.29, 1.82) is 5.26 Å². The molecular formula is C52H56ClN7O8S. The summed E-state index contributed by atoms with van der Waals surface area (Å²) in [4.78, 5) is 62.9. The van der Waals surface area contributed by atoms with Gasteiger partial charge in [-0.05, 0) is 110 Å². The second kappa shape index (κ2) is 21.3. The lowest BCUT2D eigenvalue weighted by Gasteiger charge is -2.35. The van der Waals surface area contributed by atoms with Crippen LogP contribution in [0.15, 0.2) is 102 Å². The Morgan fingerprint density at radius 2 is 1.61 bits per heavy atom. The summed E-state index contributed by atoms with van der Waals surface area (Å²) < 4.78 is 17.1. The summed E-state index contributed by atoms with van der Waals surface area (Å²) in [5.41, 5.74) is 4.30. The van der Waals surface area contributed by atoms with Gasteiger partial charge in [0.1, 0.15) is 36.0 Å². The van der Waals surface area contributed by atoms with E-state index < -0.39 is 46.9 Å². The molecular weight excluding hydrogens is 918 g/mol. The number of thiocarbonyl (C=S) groups is 1. The number of carbonyl (C=O) groups is 4. The normalized spacial score (nSPS) is 17.2. The topological polar surface area (TPSA) is 191 Å². The molecule has 0 aliphatic carbocycles. The van der Waals surface area contributed by atoms with Crippen molar-refractivity contribution in [2.75, 3.05) is 36.2 Å². The van der Waals surface area contributed by atoms with Gasteiger partial charge in [-0.3, -0.25) is 24.1 Å². The molecule has 69 heavy (non-hydrogen) atoms. The quantitative estimate of drug-likeness (QED) is 0.0608. The molecule has 2 saturated heterocycles. The Kier molecular flexibility index (Phi) is 15.5. The molecule has 1 aromatic heterocycles. The van der Waals surface area contributed by atoms with Crippen molar-refractivity contribution in [2.24, 2.45) is 5.41 Å². The Hall–Kier alpha value is -6.64. The minimum atomic E-state index is -0.972. The molecule has 17 heteroatoms. The van der Waals surface area contributed by atoms with Crippen LogP contribution in [0.2, 0.25) is 5.02 Å². The number of likely N-dealkylation sites (tertiary alicyclic amines) is 1. The van der Waals surface area contributed by atoms with Crippen molar-refractivity contribution in [3.8, 4) is 34.3 Å². The summed E-state index contributed by atoms with van der Waals surface area (Å²) in [6.07, 6.45) is 1.90. The molecule has 3 heterocycles. The number of hydrogen-bond donors (Lipinski definition) is 3. The standard InChI is InChI=1S/C52H56ClN7O8S/c1-32-45(68-31-56-32)36-11-9-33(10-12-36)28-55-47(63)43-26-40(61)29-58(43)48(64)46(51(2,3)4)57-44(62)30-66-23-7-8-24-67-41-21-16-35(17-22-41)34-13-18-38(19-14-34)60-50(69)59(49(65)52(60,5)6)39-20-15-37(27-54)42(53)25-39/h9-22,25,31,40,43,46,61H,7-8,23-24,26,28-30H2,1-6H3,(H,55,63)(H,57,62)/t40-,43+,46-/m1/s1. The summed E-state index contributed by atoms with van der Waals surface area (Å²) in [6, 6.07) is 28.0. The van der Waals surface area contributed by atoms with Crippen LogP contribution >= 0.6 is 23.8 Å². The summed E-state index contributed by atoms with van der Waals surface area (Å²) in [5, 5.41) is 26.1. The molecule has 15 nitrogen and oxygen atoms in total. The predicted molar refractivity (Wildman–Crippen MR) is 266 cm³/mol. The summed E-state index contributed by atoms with van der Waals surface area (Å²) in [6.45, 7) is 11.7. The highest BCUT2D eigenvalue weighted by atomic mass is 35.5. The number of aliphatic hydroxyl groups is 1. The number of aliphatic hydroxyl groups excluding tert-OH is 1. The number of nitriles is 1. The van der Waals surface area contributed by atoms with Gasteiger partial charge in [0.25, 0.3) is 5.91 Å². The van der Waals surface area contributed by atoms with E-state index in [4.69, 9.17) is 37.7 Å². The maximum atomic E-state index is 14.0. The number of halogens is 1. The number of nitrogens with one attached hydrogen (secondary N) is 2. The van der Waals surface area contributed by atoms with Crippen molar-refractivity contribution < 1.29 is 38.2 Å². The second-order valence-corrected chi connectivity index (χ2v) is 19.5. The Bertz CT molecular complexity index is 2730. The minimum Gasteiger partial charge on any atom is -0.494 e. The average Bonchev–Trinajstić information content (AvgIpc) is 3.99. The Labute approximate surface area is 412 Å². The molecule has 7 rings (SSSR count). The van der Waals surface area contributed by atoms with E-state index in [0.29, 0.717) is 53.9 Å². The van der Waals surface area contributed by atoms with E-state index in [1.165, 1.54) is 16.2 Å². The number of hydrogen-bond acceptors (Lipinski definition) is 11. The second-order valence-electron chi connectivity index (χ2n) is 18.7. The van der Waals surface area contributed by atoms with Crippen molar-refractivity contribution in [3.05, 3.63) is 119 Å². The molecule has 0 radical (unpaired) electrons. The van der Waals surface area contributed by atoms with Gasteiger partial charge in [-0.2, -0.15) is 5.26 Å². The van der Waals surface area contributed by atoms with E-state index in [9.17, 15) is 29.5 Å². The lowest BCUT2D eigenvalue weighted by Crippen LogP contribution is -2.58. The zero-order chi connectivity index (χ0) is 49.6. The third kappa shape index (κ3) is 11.5. The van der Waals surface area contributed by atoms with Crippen LogP contribution in [0.1, 0.15) is 70.7 Å². The van der Waals surface area contributed by atoms with Crippen LogP contribution in [0.25, 0.3) is 22.5 Å². The third-order valence-corrected chi connectivity index (χ3v) is 12.9. The number of unbranched alkanes of at least 4 members (excludes halogenated alkanes) is 1. The molecule has 4 aromatic carbocycles. The van der Waals surface area contributed by atoms with Crippen LogP contribution in [-0.2, 0) is 30.5 Å². The number of rotatable bonds is 17. The van der Waals surface area contributed by atoms with E-state index >= 15 is 0 Å².